The number of hydrogen-bond acceptors (Lipinski definition) is 11. The minimum atomic E-state index is -1.18. The normalized spacial score (nSPS) is 11.6. The molecule has 10 rings (SSSR count). The highest BCUT2D eigenvalue weighted by molar-refractivity contribution is 14.1. The Bertz CT molecular complexity index is 3930. The van der Waals surface area contributed by atoms with Crippen molar-refractivity contribution in [1.82, 2.24) is 19.3 Å². The molecular weight excluding hydrogens is 1300 g/mol. The molecule has 0 bridgehead atoms. The van der Waals surface area contributed by atoms with Crippen molar-refractivity contribution >= 4 is 79.5 Å². The van der Waals surface area contributed by atoms with E-state index in [0.29, 0.717) is 69.6 Å². The zero-order valence-corrected chi connectivity index (χ0v) is 50.7. The Kier molecular flexibility index (Phi) is 21.3. The largest absolute Gasteiger partial charge is 0.506 e. The molecule has 7 aromatic carbocycles. The molecule has 430 valence electrons. The lowest BCUT2D eigenvalue weighted by Gasteiger charge is -2.20. The number of aliphatic hydroxyl groups excluding tert-OH is 2. The van der Waals surface area contributed by atoms with Crippen molar-refractivity contribution in [3.05, 3.63) is 246 Å². The van der Waals surface area contributed by atoms with Gasteiger partial charge < -0.3 is 34.7 Å². The minimum Gasteiger partial charge on any atom is -0.506 e. The second-order valence-corrected chi connectivity index (χ2v) is 22.4. The first-order valence-corrected chi connectivity index (χ1v) is 29.2. The van der Waals surface area contributed by atoms with Gasteiger partial charge in [0.1, 0.15) is 41.6 Å². The first-order valence-electron chi connectivity index (χ1n) is 27.1. The zero-order chi connectivity index (χ0) is 60.7. The fraction of sp³-hybridized carbons (Fsp3) is 0.179. The Labute approximate surface area is 518 Å². The topological polar surface area (TPSA) is 241 Å². The number of rotatable bonds is 18. The number of aryl methyl sites for hydroxylation is 1. The number of phenolic OH excluding ortho intramolecular Hbond substituents is 1. The third-order valence-corrected chi connectivity index (χ3v) is 15.5. The highest BCUT2D eigenvalue weighted by Crippen LogP contribution is 2.43. The number of anilines is 1. The number of carbonyl (C=O) groups is 3. The summed E-state index contributed by atoms with van der Waals surface area (Å²) in [5, 5.41) is 65.6. The number of nitriles is 2. The van der Waals surface area contributed by atoms with Crippen LogP contribution in [0.15, 0.2) is 187 Å². The Balaban J connectivity index is 0.000000180. The van der Waals surface area contributed by atoms with E-state index in [1.54, 1.807) is 59.5 Å². The van der Waals surface area contributed by atoms with Crippen LogP contribution in [0.25, 0.3) is 33.4 Å². The summed E-state index contributed by atoms with van der Waals surface area (Å²) in [4.78, 5) is 42.0. The summed E-state index contributed by atoms with van der Waals surface area (Å²) in [5.41, 5.74) is 9.90. The second kappa shape index (κ2) is 29.1. The molecule has 3 heterocycles. The van der Waals surface area contributed by atoms with E-state index < -0.39 is 24.6 Å². The number of carbonyl (C=O) groups excluding carboxylic acids is 2. The number of nitrogens with one attached hydrogen (secondary N) is 1. The van der Waals surface area contributed by atoms with E-state index in [-0.39, 0.29) is 54.6 Å². The van der Waals surface area contributed by atoms with Gasteiger partial charge in [0.05, 0.1) is 65.9 Å². The number of ketones is 1. The molecule has 18 heteroatoms. The maximum absolute atomic E-state index is 14.0. The predicted octanol–water partition coefficient (Wildman–Crippen LogP) is 14.1. The summed E-state index contributed by atoms with van der Waals surface area (Å²) >= 11 is 4.06. The van der Waals surface area contributed by atoms with Gasteiger partial charge in [0, 0.05) is 40.9 Å². The molecule has 0 aliphatic carbocycles. The number of benzene rings is 7. The van der Waals surface area contributed by atoms with Crippen molar-refractivity contribution in [1.29, 1.82) is 10.5 Å². The fourth-order valence-corrected chi connectivity index (χ4v) is 11.7. The van der Waals surface area contributed by atoms with Crippen molar-refractivity contribution in [2.24, 2.45) is 0 Å². The van der Waals surface area contributed by atoms with E-state index in [4.69, 9.17) is 20.0 Å². The monoisotopic (exact) mass is 1360 g/mol. The number of furan rings is 1. The molecule has 2 atom stereocenters. The average Bonchev–Trinajstić information content (AvgIpc) is 2.27. The molecule has 0 radical (unpaired) electrons. The number of halogens is 3. The van der Waals surface area contributed by atoms with Gasteiger partial charge in [-0.25, -0.2) is 14.1 Å². The van der Waals surface area contributed by atoms with Crippen molar-refractivity contribution in [2.75, 3.05) is 5.32 Å². The van der Waals surface area contributed by atoms with Crippen LogP contribution < -0.4 is 5.32 Å². The van der Waals surface area contributed by atoms with Crippen LogP contribution >= 0.6 is 45.2 Å². The maximum atomic E-state index is 14.0. The molecule has 5 N–H and O–H groups in total. The van der Waals surface area contributed by atoms with Crippen LogP contribution in [-0.2, 0) is 17.8 Å². The molecule has 0 fully saturated rings. The van der Waals surface area contributed by atoms with Crippen molar-refractivity contribution < 1.29 is 43.6 Å². The number of hydrogen-bond donors (Lipinski definition) is 5. The number of nitrogens with zero attached hydrogens (tertiary/aromatic N) is 6. The number of amides is 1. The summed E-state index contributed by atoms with van der Waals surface area (Å²) < 4.78 is 24.9. The van der Waals surface area contributed by atoms with Gasteiger partial charge in [0.15, 0.2) is 5.78 Å². The highest BCUT2D eigenvalue weighted by Gasteiger charge is 2.31. The number of carboxylic acids is 1. The molecule has 0 aliphatic heterocycles. The van der Waals surface area contributed by atoms with Gasteiger partial charge in [-0.1, -0.05) is 112 Å². The van der Waals surface area contributed by atoms with E-state index in [0.717, 1.165) is 33.4 Å². The van der Waals surface area contributed by atoms with Gasteiger partial charge in [-0.2, -0.15) is 15.6 Å². The zero-order valence-electron chi connectivity index (χ0n) is 46.4. The van der Waals surface area contributed by atoms with Gasteiger partial charge in [0.25, 0.3) is 5.91 Å². The molecule has 0 saturated carbocycles. The third kappa shape index (κ3) is 15.3. The van der Waals surface area contributed by atoms with Crippen LogP contribution in [-0.4, -0.2) is 69.6 Å². The molecule has 0 unspecified atom stereocenters. The van der Waals surface area contributed by atoms with Gasteiger partial charge in [0.2, 0.25) is 0 Å². The number of para-hydroxylation sites is 2. The number of carboxylic acid groups (broad SMARTS) is 1. The van der Waals surface area contributed by atoms with E-state index >= 15 is 0 Å². The Morgan fingerprint density at radius 3 is 1.86 bits per heavy atom. The molecule has 0 spiro atoms. The fourth-order valence-electron chi connectivity index (χ4n) is 9.97. The summed E-state index contributed by atoms with van der Waals surface area (Å²) in [6.07, 6.45) is 1.29. The van der Waals surface area contributed by atoms with Crippen LogP contribution in [0.3, 0.4) is 0 Å². The van der Waals surface area contributed by atoms with Crippen molar-refractivity contribution in [2.45, 2.75) is 77.2 Å². The van der Waals surface area contributed by atoms with E-state index in [1.807, 2.05) is 180 Å². The first kappa shape index (κ1) is 62.3. The van der Waals surface area contributed by atoms with Crippen LogP contribution in [0, 0.1) is 35.6 Å². The minimum absolute atomic E-state index is 0.0716. The van der Waals surface area contributed by atoms with Crippen LogP contribution in [0.1, 0.15) is 112 Å². The van der Waals surface area contributed by atoms with Crippen molar-refractivity contribution in [3.63, 3.8) is 0 Å². The lowest BCUT2D eigenvalue weighted by Crippen LogP contribution is -2.22. The van der Waals surface area contributed by atoms with Crippen LogP contribution in [0.4, 0.5) is 10.1 Å². The number of aromatic hydroxyl groups is 1. The number of phenols is 1. The van der Waals surface area contributed by atoms with E-state index in [1.165, 1.54) is 18.5 Å². The van der Waals surface area contributed by atoms with Crippen molar-refractivity contribution in [3.8, 4) is 40.3 Å². The Morgan fingerprint density at radius 1 is 0.741 bits per heavy atom. The lowest BCUT2D eigenvalue weighted by molar-refractivity contribution is -0.139. The highest BCUT2D eigenvalue weighted by atomic mass is 127. The number of aromatic nitrogens is 4. The second-order valence-electron chi connectivity index (χ2n) is 20.0. The van der Waals surface area contributed by atoms with E-state index in [9.17, 15) is 34.1 Å². The molecule has 1 amide bonds. The number of aliphatic hydroxyl groups is 2. The maximum Gasteiger partial charge on any atom is 0.305 e. The lowest BCUT2D eigenvalue weighted by atomic mass is 9.94. The first-order chi connectivity index (χ1) is 41.0. The Morgan fingerprint density at radius 2 is 1.32 bits per heavy atom. The molecule has 85 heavy (non-hydrogen) atoms. The summed E-state index contributed by atoms with van der Waals surface area (Å²) in [6.45, 7) is 6.22. The van der Waals surface area contributed by atoms with E-state index in [2.05, 4.69) is 27.5 Å². The summed E-state index contributed by atoms with van der Waals surface area (Å²) in [6, 6.07) is 54.6. The Hall–Kier alpha value is -8.80. The standard InChI is InChI=1S/C33H35FN2O5.C17H12I2O3.C17H11N5/c1-21(2)31-30(33(41)35-25-11-7-4-8-12-25)29(22-9-5-3-6-10-22)32(23-13-15-24(34)16-14-23)36(31)18-17-26(37)19-27(38)20-28(39)40;1-2-13-15(10-5-3-4-6-14(10)22-13)16(20)9-7-11(18)17(21)12(19)8-9;18-9-13-1-5-15(6-2-13)17(22-12-20-11-21-22)16-7-3-14(10-19)4-8-16/h3-16,21,26-27,37-38H,17-20H2,1-2H3,(H,35,41)(H,39,40);3-8,21H,2H2,1H3;1-8,11-12,17H/t26-,27-;;/m1../s1. The van der Waals surface area contributed by atoms with Gasteiger partial charge in [-0.05, 0) is 165 Å². The van der Waals surface area contributed by atoms with Gasteiger partial charge in [-0.3, -0.25) is 14.4 Å². The third-order valence-electron chi connectivity index (χ3n) is 13.8. The predicted molar refractivity (Wildman–Crippen MR) is 339 cm³/mol. The van der Waals surface area contributed by atoms with Gasteiger partial charge in [-0.15, -0.1) is 0 Å². The summed E-state index contributed by atoms with van der Waals surface area (Å²) in [7, 11) is 0. The molecule has 10 aromatic rings. The number of aliphatic carboxylic acids is 1. The molecule has 3 aromatic heterocycles. The smallest absolute Gasteiger partial charge is 0.305 e. The molecule has 0 aliphatic rings. The molecule has 0 saturated heterocycles. The summed E-state index contributed by atoms with van der Waals surface area (Å²) in [5.74, 6) is -1.09. The quantitative estimate of drug-likeness (QED) is 0.0398. The average molecular weight is 1360 g/mol. The van der Waals surface area contributed by atoms with Gasteiger partial charge >= 0.3 is 5.97 Å². The SMILES string of the molecule is CC(C)c1c(C(=O)Nc2ccccc2)c(-c2ccccc2)c(-c2ccc(F)cc2)n1CC[C@@H](O)C[C@@H](O)CC(=O)O.CCc1oc2ccccc2c1C(=O)c1cc(I)c(O)c(I)c1.N#Cc1ccc(C(c2ccc(C#N)cc2)n2cncn2)cc1. The van der Waals surface area contributed by atoms with Crippen LogP contribution in [0.2, 0.25) is 0 Å². The molecular formula is C67H58FI2N7O8. The molecule has 15 nitrogen and oxygen atoms in total. The van der Waals surface area contributed by atoms with Crippen LogP contribution in [0.5, 0.6) is 5.75 Å². The number of fused-ring (bicyclic) bond motifs is 1.